The van der Waals surface area contributed by atoms with Gasteiger partial charge in [0.1, 0.15) is 5.78 Å². The third-order valence-corrected chi connectivity index (χ3v) is 5.49. The number of hydrogen-bond donors (Lipinski definition) is 0. The molecule has 2 rings (SSSR count). The largest absolute Gasteiger partial charge is 0.300 e. The van der Waals surface area contributed by atoms with Gasteiger partial charge >= 0.3 is 0 Å². The van der Waals surface area contributed by atoms with Gasteiger partial charge in [-0.1, -0.05) is 33.1 Å². The van der Waals surface area contributed by atoms with Gasteiger partial charge in [0.2, 0.25) is 0 Å². The van der Waals surface area contributed by atoms with Crippen LogP contribution < -0.4 is 0 Å². The molecule has 98 valence electrons. The molecule has 1 atom stereocenters. The van der Waals surface area contributed by atoms with E-state index in [1.165, 1.54) is 38.5 Å². The summed E-state index contributed by atoms with van der Waals surface area (Å²) in [6.45, 7) is 4.95. The Bertz CT molecular complexity index is 261. The molecule has 2 saturated carbocycles. The maximum atomic E-state index is 11.5. The molecule has 2 aliphatic rings. The Hall–Kier alpha value is -0.330. The first kappa shape index (κ1) is 13.1. The van der Waals surface area contributed by atoms with Crippen LogP contribution in [0.1, 0.15) is 78.1 Å². The lowest BCUT2D eigenvalue weighted by molar-refractivity contribution is -0.119. The quantitative estimate of drug-likeness (QED) is 0.633. The van der Waals surface area contributed by atoms with Gasteiger partial charge in [-0.05, 0) is 49.4 Å². The first-order valence-corrected chi connectivity index (χ1v) is 7.62. The SMILES string of the molecule is CC(C)(C1CCCCC1)[C@H]1CCCC(=O)CC1. The van der Waals surface area contributed by atoms with Crippen molar-refractivity contribution >= 4 is 5.78 Å². The second kappa shape index (κ2) is 5.54. The second-order valence-electron chi connectivity index (χ2n) is 6.82. The van der Waals surface area contributed by atoms with Crippen molar-refractivity contribution in [3.8, 4) is 0 Å². The molecule has 0 aliphatic heterocycles. The van der Waals surface area contributed by atoms with Gasteiger partial charge in [0.15, 0.2) is 0 Å². The van der Waals surface area contributed by atoms with Crippen molar-refractivity contribution in [2.45, 2.75) is 78.1 Å². The van der Waals surface area contributed by atoms with E-state index in [2.05, 4.69) is 13.8 Å². The zero-order chi connectivity index (χ0) is 12.3. The maximum Gasteiger partial charge on any atom is 0.132 e. The van der Waals surface area contributed by atoms with E-state index in [1.807, 2.05) is 0 Å². The molecule has 0 aromatic heterocycles. The minimum absolute atomic E-state index is 0.463. The fourth-order valence-corrected chi connectivity index (χ4v) is 4.07. The zero-order valence-electron chi connectivity index (χ0n) is 11.6. The summed E-state index contributed by atoms with van der Waals surface area (Å²) in [5.41, 5.74) is 0.463. The van der Waals surface area contributed by atoms with Gasteiger partial charge in [-0.25, -0.2) is 0 Å². The van der Waals surface area contributed by atoms with Gasteiger partial charge in [-0.15, -0.1) is 0 Å². The van der Waals surface area contributed by atoms with Crippen molar-refractivity contribution in [2.75, 3.05) is 0 Å². The van der Waals surface area contributed by atoms with Crippen molar-refractivity contribution in [1.29, 1.82) is 0 Å². The Morgan fingerprint density at radius 1 is 0.824 bits per heavy atom. The third-order valence-electron chi connectivity index (χ3n) is 5.49. The fourth-order valence-electron chi connectivity index (χ4n) is 4.07. The van der Waals surface area contributed by atoms with E-state index in [-0.39, 0.29) is 0 Å². The highest BCUT2D eigenvalue weighted by Crippen LogP contribution is 2.47. The van der Waals surface area contributed by atoms with Crippen molar-refractivity contribution < 1.29 is 4.79 Å². The van der Waals surface area contributed by atoms with Crippen LogP contribution in [0, 0.1) is 17.3 Å². The normalized spacial score (nSPS) is 29.1. The summed E-state index contributed by atoms with van der Waals surface area (Å²) in [6, 6.07) is 0. The Morgan fingerprint density at radius 3 is 2.12 bits per heavy atom. The second-order valence-corrected chi connectivity index (χ2v) is 6.82. The minimum Gasteiger partial charge on any atom is -0.300 e. The molecule has 0 saturated heterocycles. The number of ketones is 1. The summed E-state index contributed by atoms with van der Waals surface area (Å²) in [5, 5.41) is 0. The van der Waals surface area contributed by atoms with E-state index in [0.29, 0.717) is 11.2 Å². The van der Waals surface area contributed by atoms with Crippen molar-refractivity contribution in [3.63, 3.8) is 0 Å². The smallest absolute Gasteiger partial charge is 0.132 e. The zero-order valence-corrected chi connectivity index (χ0v) is 11.6. The number of Topliss-reactive ketones (excluding diaryl/α,β-unsaturated/α-hetero) is 1. The summed E-state index contributed by atoms with van der Waals surface area (Å²) in [6.07, 6.45) is 12.4. The van der Waals surface area contributed by atoms with Crippen LogP contribution in [0.5, 0.6) is 0 Å². The molecule has 17 heavy (non-hydrogen) atoms. The number of carbonyl (C=O) groups is 1. The molecule has 1 heteroatoms. The van der Waals surface area contributed by atoms with E-state index in [4.69, 9.17) is 0 Å². The Balaban J connectivity index is 1.99. The summed E-state index contributed by atoms with van der Waals surface area (Å²) in [4.78, 5) is 11.5. The van der Waals surface area contributed by atoms with E-state index >= 15 is 0 Å². The Morgan fingerprint density at radius 2 is 1.41 bits per heavy atom. The molecular weight excluding hydrogens is 208 g/mol. The van der Waals surface area contributed by atoms with Crippen LogP contribution in [0.4, 0.5) is 0 Å². The lowest BCUT2D eigenvalue weighted by Gasteiger charge is -2.43. The van der Waals surface area contributed by atoms with Crippen LogP contribution in [0.2, 0.25) is 0 Å². The van der Waals surface area contributed by atoms with Crippen LogP contribution in [-0.2, 0) is 4.79 Å². The fraction of sp³-hybridized carbons (Fsp3) is 0.938. The summed E-state index contributed by atoms with van der Waals surface area (Å²) in [5.74, 6) is 2.21. The molecule has 0 aromatic carbocycles. The van der Waals surface area contributed by atoms with Crippen LogP contribution in [0.25, 0.3) is 0 Å². The predicted octanol–water partition coefficient (Wildman–Crippen LogP) is 4.74. The van der Waals surface area contributed by atoms with Crippen LogP contribution >= 0.6 is 0 Å². The summed E-state index contributed by atoms with van der Waals surface area (Å²) >= 11 is 0. The lowest BCUT2D eigenvalue weighted by atomic mass is 9.62. The minimum atomic E-state index is 0.463. The highest BCUT2D eigenvalue weighted by molar-refractivity contribution is 5.78. The first-order valence-electron chi connectivity index (χ1n) is 7.62. The van der Waals surface area contributed by atoms with Crippen LogP contribution in [0.3, 0.4) is 0 Å². The highest BCUT2D eigenvalue weighted by Gasteiger charge is 2.37. The number of carbonyl (C=O) groups excluding carboxylic acids is 1. The van der Waals surface area contributed by atoms with Gasteiger partial charge in [0.25, 0.3) is 0 Å². The van der Waals surface area contributed by atoms with Gasteiger partial charge in [-0.2, -0.15) is 0 Å². The molecule has 0 heterocycles. The van der Waals surface area contributed by atoms with Crippen molar-refractivity contribution in [3.05, 3.63) is 0 Å². The van der Waals surface area contributed by atoms with E-state index in [0.717, 1.165) is 37.5 Å². The molecule has 2 aliphatic carbocycles. The summed E-state index contributed by atoms with van der Waals surface area (Å²) < 4.78 is 0. The van der Waals surface area contributed by atoms with E-state index < -0.39 is 0 Å². The molecule has 0 spiro atoms. The molecular formula is C16H28O. The van der Waals surface area contributed by atoms with Crippen LogP contribution in [-0.4, -0.2) is 5.78 Å². The lowest BCUT2D eigenvalue weighted by Crippen LogP contribution is -2.33. The molecule has 0 N–H and O–H groups in total. The Kier molecular flexibility index (Phi) is 4.27. The third kappa shape index (κ3) is 3.11. The van der Waals surface area contributed by atoms with Gasteiger partial charge in [-0.3, -0.25) is 4.79 Å². The highest BCUT2D eigenvalue weighted by atomic mass is 16.1. The molecule has 1 nitrogen and oxygen atoms in total. The predicted molar refractivity (Wildman–Crippen MR) is 71.9 cm³/mol. The Labute approximate surface area is 106 Å². The van der Waals surface area contributed by atoms with Gasteiger partial charge in [0, 0.05) is 12.8 Å². The van der Waals surface area contributed by atoms with Crippen LogP contribution in [0.15, 0.2) is 0 Å². The van der Waals surface area contributed by atoms with E-state index in [9.17, 15) is 4.79 Å². The first-order chi connectivity index (χ1) is 8.10. The van der Waals surface area contributed by atoms with Gasteiger partial charge < -0.3 is 0 Å². The monoisotopic (exact) mass is 236 g/mol. The average molecular weight is 236 g/mol. The van der Waals surface area contributed by atoms with E-state index in [1.54, 1.807) is 0 Å². The number of hydrogen-bond acceptors (Lipinski definition) is 1. The molecule has 0 bridgehead atoms. The molecule has 0 amide bonds. The molecule has 0 radical (unpaired) electrons. The average Bonchev–Trinajstić information content (AvgIpc) is 2.55. The topological polar surface area (TPSA) is 17.1 Å². The number of rotatable bonds is 2. The van der Waals surface area contributed by atoms with Crippen molar-refractivity contribution in [1.82, 2.24) is 0 Å². The standard InChI is InChI=1S/C16H28O/c1-16(2,13-7-4-3-5-8-13)14-9-6-10-15(17)12-11-14/h13-14H,3-12H2,1-2H3/t14-/m0/s1. The van der Waals surface area contributed by atoms with Crippen molar-refractivity contribution in [2.24, 2.45) is 17.3 Å². The molecule has 2 fully saturated rings. The molecule has 0 aromatic rings. The molecule has 0 unspecified atom stereocenters. The maximum absolute atomic E-state index is 11.5. The van der Waals surface area contributed by atoms with Gasteiger partial charge in [0.05, 0.1) is 0 Å². The summed E-state index contributed by atoms with van der Waals surface area (Å²) in [7, 11) is 0.